The second-order valence-electron chi connectivity index (χ2n) is 8.69. The molecule has 0 unspecified atom stereocenters. The number of anilines is 1. The fourth-order valence-electron chi connectivity index (χ4n) is 4.29. The van der Waals surface area contributed by atoms with Crippen LogP contribution in [-0.2, 0) is 22.7 Å². The number of pyridine rings is 1. The summed E-state index contributed by atoms with van der Waals surface area (Å²) in [5, 5.41) is 0.980. The van der Waals surface area contributed by atoms with E-state index >= 15 is 0 Å². The van der Waals surface area contributed by atoms with Crippen LogP contribution in [0.15, 0.2) is 72.8 Å². The van der Waals surface area contributed by atoms with Crippen molar-refractivity contribution in [2.75, 3.05) is 24.7 Å². The Morgan fingerprint density at radius 1 is 0.943 bits per heavy atom. The summed E-state index contributed by atoms with van der Waals surface area (Å²) in [4.78, 5) is 18.9. The SMILES string of the molecule is Cc1cc(OCc2nc3ccccc3c(OCc3ccccc3)c2C)cc(N2CCOCC2=O)c1. The number of carbonyl (C=O) groups is 1. The number of hydrogen-bond acceptors (Lipinski definition) is 5. The molecule has 0 saturated carbocycles. The molecule has 0 aliphatic carbocycles. The highest BCUT2D eigenvalue weighted by Crippen LogP contribution is 2.32. The van der Waals surface area contributed by atoms with Gasteiger partial charge in [-0.2, -0.15) is 0 Å². The summed E-state index contributed by atoms with van der Waals surface area (Å²) in [5.41, 5.74) is 5.59. The Hall–Kier alpha value is -3.90. The third kappa shape index (κ3) is 5.12. The molecule has 4 aromatic rings. The molecule has 6 nitrogen and oxygen atoms in total. The Balaban J connectivity index is 1.40. The Bertz CT molecular complexity index is 1350. The number of morpholine rings is 1. The third-order valence-corrected chi connectivity index (χ3v) is 6.11. The van der Waals surface area contributed by atoms with Crippen LogP contribution in [0.25, 0.3) is 10.9 Å². The number of ether oxygens (including phenoxy) is 3. The van der Waals surface area contributed by atoms with Gasteiger partial charge in [-0.1, -0.05) is 42.5 Å². The maximum Gasteiger partial charge on any atom is 0.253 e. The summed E-state index contributed by atoms with van der Waals surface area (Å²) in [7, 11) is 0. The lowest BCUT2D eigenvalue weighted by Gasteiger charge is -2.27. The first-order valence-corrected chi connectivity index (χ1v) is 11.8. The van der Waals surface area contributed by atoms with Crippen LogP contribution in [0.5, 0.6) is 11.5 Å². The summed E-state index contributed by atoms with van der Waals surface area (Å²) in [6, 6.07) is 24.0. The summed E-state index contributed by atoms with van der Waals surface area (Å²) in [6.07, 6.45) is 0. The molecule has 6 heteroatoms. The highest BCUT2D eigenvalue weighted by molar-refractivity contribution is 5.95. The third-order valence-electron chi connectivity index (χ3n) is 6.11. The maximum atomic E-state index is 12.3. The number of carbonyl (C=O) groups excluding carboxylic acids is 1. The molecule has 1 saturated heterocycles. The van der Waals surface area contributed by atoms with Crippen molar-refractivity contribution >= 4 is 22.5 Å². The van der Waals surface area contributed by atoms with Crippen LogP contribution in [-0.4, -0.2) is 30.6 Å². The first-order chi connectivity index (χ1) is 17.1. The minimum atomic E-state index is -0.0416. The van der Waals surface area contributed by atoms with Gasteiger partial charge in [0.25, 0.3) is 5.91 Å². The second-order valence-corrected chi connectivity index (χ2v) is 8.69. The average Bonchev–Trinajstić information content (AvgIpc) is 2.87. The van der Waals surface area contributed by atoms with Crippen LogP contribution in [0.1, 0.15) is 22.4 Å². The van der Waals surface area contributed by atoms with Gasteiger partial charge in [-0.05, 0) is 49.2 Å². The molecule has 2 heterocycles. The minimum absolute atomic E-state index is 0.0416. The zero-order valence-electron chi connectivity index (χ0n) is 20.0. The molecular weight excluding hydrogens is 440 g/mol. The van der Waals surface area contributed by atoms with Gasteiger partial charge >= 0.3 is 0 Å². The summed E-state index contributed by atoms with van der Waals surface area (Å²) < 4.78 is 17.8. The zero-order chi connectivity index (χ0) is 24.2. The smallest absolute Gasteiger partial charge is 0.253 e. The predicted molar refractivity (Wildman–Crippen MR) is 136 cm³/mol. The van der Waals surface area contributed by atoms with E-state index in [0.29, 0.717) is 25.5 Å². The number of nitrogens with zero attached hydrogens (tertiary/aromatic N) is 2. The summed E-state index contributed by atoms with van der Waals surface area (Å²) >= 11 is 0. The Kier molecular flexibility index (Phi) is 6.64. The number of fused-ring (bicyclic) bond motifs is 1. The molecule has 1 aromatic heterocycles. The molecule has 1 amide bonds. The average molecular weight is 469 g/mol. The van der Waals surface area contributed by atoms with E-state index in [0.717, 1.165) is 44.7 Å². The van der Waals surface area contributed by atoms with E-state index in [2.05, 4.69) is 12.1 Å². The molecule has 0 N–H and O–H groups in total. The van der Waals surface area contributed by atoms with Crippen molar-refractivity contribution in [1.82, 2.24) is 4.98 Å². The minimum Gasteiger partial charge on any atom is -0.488 e. The molecule has 178 valence electrons. The van der Waals surface area contributed by atoms with E-state index in [-0.39, 0.29) is 19.1 Å². The molecule has 1 aliphatic rings. The lowest BCUT2D eigenvalue weighted by molar-refractivity contribution is -0.125. The number of rotatable bonds is 7. The van der Waals surface area contributed by atoms with Crippen LogP contribution in [0, 0.1) is 13.8 Å². The highest BCUT2D eigenvalue weighted by Gasteiger charge is 2.21. The maximum absolute atomic E-state index is 12.3. The quantitative estimate of drug-likeness (QED) is 0.365. The number of hydrogen-bond donors (Lipinski definition) is 0. The van der Waals surface area contributed by atoms with Crippen molar-refractivity contribution < 1.29 is 19.0 Å². The van der Waals surface area contributed by atoms with Gasteiger partial charge in [0.15, 0.2) is 0 Å². The number of aromatic nitrogens is 1. The molecule has 1 fully saturated rings. The van der Waals surface area contributed by atoms with Crippen LogP contribution in [0.3, 0.4) is 0 Å². The van der Waals surface area contributed by atoms with Crippen LogP contribution in [0.4, 0.5) is 5.69 Å². The van der Waals surface area contributed by atoms with Crippen molar-refractivity contribution in [3.8, 4) is 11.5 Å². The topological polar surface area (TPSA) is 60.9 Å². The number of amides is 1. The van der Waals surface area contributed by atoms with E-state index in [4.69, 9.17) is 19.2 Å². The Labute approximate surface area is 205 Å². The molecular formula is C29H28N2O4. The normalized spacial score (nSPS) is 13.8. The van der Waals surface area contributed by atoms with E-state index in [1.165, 1.54) is 0 Å². The fraction of sp³-hybridized carbons (Fsp3) is 0.241. The van der Waals surface area contributed by atoms with Gasteiger partial charge in [0.2, 0.25) is 0 Å². The van der Waals surface area contributed by atoms with Gasteiger partial charge in [-0.3, -0.25) is 4.79 Å². The Morgan fingerprint density at radius 3 is 2.57 bits per heavy atom. The summed E-state index contributed by atoms with van der Waals surface area (Å²) in [5.74, 6) is 1.47. The molecule has 0 bridgehead atoms. The highest BCUT2D eigenvalue weighted by atomic mass is 16.5. The lowest BCUT2D eigenvalue weighted by Crippen LogP contribution is -2.41. The van der Waals surface area contributed by atoms with Gasteiger partial charge in [-0.15, -0.1) is 0 Å². The monoisotopic (exact) mass is 468 g/mol. The number of aryl methyl sites for hydroxylation is 1. The Morgan fingerprint density at radius 2 is 1.74 bits per heavy atom. The predicted octanol–water partition coefficient (Wildman–Crippen LogP) is 5.37. The molecule has 35 heavy (non-hydrogen) atoms. The number of para-hydroxylation sites is 1. The van der Waals surface area contributed by atoms with Crippen LogP contribution in [0.2, 0.25) is 0 Å². The number of benzene rings is 3. The molecule has 5 rings (SSSR count). The molecule has 0 atom stereocenters. The largest absolute Gasteiger partial charge is 0.488 e. The molecule has 3 aromatic carbocycles. The first kappa shape index (κ1) is 22.9. The second kappa shape index (κ2) is 10.2. The molecule has 0 spiro atoms. The van der Waals surface area contributed by atoms with Crippen molar-refractivity contribution in [3.63, 3.8) is 0 Å². The van der Waals surface area contributed by atoms with Crippen molar-refractivity contribution in [2.45, 2.75) is 27.1 Å². The van der Waals surface area contributed by atoms with Gasteiger partial charge < -0.3 is 19.1 Å². The van der Waals surface area contributed by atoms with Gasteiger partial charge in [-0.25, -0.2) is 4.98 Å². The van der Waals surface area contributed by atoms with E-state index in [1.54, 1.807) is 4.90 Å². The van der Waals surface area contributed by atoms with E-state index in [9.17, 15) is 4.79 Å². The zero-order valence-corrected chi connectivity index (χ0v) is 20.0. The van der Waals surface area contributed by atoms with Crippen LogP contribution < -0.4 is 14.4 Å². The van der Waals surface area contributed by atoms with Crippen molar-refractivity contribution in [2.24, 2.45) is 0 Å². The van der Waals surface area contributed by atoms with E-state index in [1.807, 2.05) is 74.5 Å². The standard InChI is InChI=1S/C29H28N2O4/c1-20-14-23(31-12-13-33-19-28(31)32)16-24(15-20)34-18-27-21(2)29(25-10-6-7-11-26(25)30-27)35-17-22-8-4-3-5-9-22/h3-11,14-16H,12-13,17-19H2,1-2H3. The van der Waals surface area contributed by atoms with E-state index < -0.39 is 0 Å². The summed E-state index contributed by atoms with van der Waals surface area (Å²) in [6.45, 7) is 5.96. The lowest BCUT2D eigenvalue weighted by atomic mass is 10.1. The van der Waals surface area contributed by atoms with Crippen molar-refractivity contribution in [3.05, 3.63) is 95.2 Å². The fourth-order valence-corrected chi connectivity index (χ4v) is 4.29. The van der Waals surface area contributed by atoms with Gasteiger partial charge in [0.1, 0.15) is 31.3 Å². The van der Waals surface area contributed by atoms with Crippen LogP contribution >= 0.6 is 0 Å². The van der Waals surface area contributed by atoms with Gasteiger partial charge in [0, 0.05) is 29.2 Å². The molecule has 1 aliphatic heterocycles. The first-order valence-electron chi connectivity index (χ1n) is 11.8. The van der Waals surface area contributed by atoms with Crippen molar-refractivity contribution in [1.29, 1.82) is 0 Å². The van der Waals surface area contributed by atoms with Gasteiger partial charge in [0.05, 0.1) is 17.8 Å². The molecule has 0 radical (unpaired) electrons.